The van der Waals surface area contributed by atoms with E-state index in [0.29, 0.717) is 18.3 Å². The summed E-state index contributed by atoms with van der Waals surface area (Å²) in [6.07, 6.45) is 1.71. The van der Waals surface area contributed by atoms with Gasteiger partial charge in [0, 0.05) is 6.54 Å². The summed E-state index contributed by atoms with van der Waals surface area (Å²) < 4.78 is 1.61. The molecule has 22 heavy (non-hydrogen) atoms. The van der Waals surface area contributed by atoms with E-state index in [9.17, 15) is 4.79 Å². The summed E-state index contributed by atoms with van der Waals surface area (Å²) in [5.41, 5.74) is 8.58. The molecule has 0 saturated carbocycles. The van der Waals surface area contributed by atoms with Gasteiger partial charge in [0.25, 0.3) is 0 Å². The summed E-state index contributed by atoms with van der Waals surface area (Å²) in [4.78, 5) is 20.9. The molecular weight excluding hydrogens is 278 g/mol. The van der Waals surface area contributed by atoms with E-state index < -0.39 is 0 Å². The zero-order chi connectivity index (χ0) is 16.1. The number of rotatable bonds is 6. The summed E-state index contributed by atoms with van der Waals surface area (Å²) in [5.74, 6) is 0.920. The van der Waals surface area contributed by atoms with Crippen molar-refractivity contribution in [3.63, 3.8) is 0 Å². The molecule has 0 amide bonds. The number of hydrogen-bond donors (Lipinski definition) is 2. The average molecular weight is 301 g/mol. The van der Waals surface area contributed by atoms with Crippen molar-refractivity contribution < 1.29 is 0 Å². The molecule has 6 nitrogen and oxygen atoms in total. The molecule has 2 N–H and O–H groups in total. The highest BCUT2D eigenvalue weighted by Crippen LogP contribution is 2.21. The van der Waals surface area contributed by atoms with Crippen LogP contribution in [0.15, 0.2) is 23.0 Å². The lowest BCUT2D eigenvalue weighted by Crippen LogP contribution is -2.31. The Kier molecular flexibility index (Phi) is 5.27. The quantitative estimate of drug-likeness (QED) is 0.799. The number of hydrogen-bond acceptors (Lipinski definition) is 5. The first-order valence-electron chi connectivity index (χ1n) is 7.70. The summed E-state index contributed by atoms with van der Waals surface area (Å²) in [6, 6.07) is 6.12. The lowest BCUT2D eigenvalue weighted by molar-refractivity contribution is 0.763. The van der Waals surface area contributed by atoms with Gasteiger partial charge in [0.2, 0.25) is 5.95 Å². The first-order valence-corrected chi connectivity index (χ1v) is 7.70. The molecule has 0 radical (unpaired) electrons. The van der Waals surface area contributed by atoms with Gasteiger partial charge < -0.3 is 0 Å². The number of nitrogens with one attached hydrogen (secondary N) is 2. The Morgan fingerprint density at radius 2 is 1.73 bits per heavy atom. The Hall–Kier alpha value is -2.21. The molecule has 0 aliphatic rings. The molecule has 0 aliphatic heterocycles. The Morgan fingerprint density at radius 1 is 1.09 bits per heavy atom. The minimum Gasteiger partial charge on any atom is -0.289 e. The zero-order valence-corrected chi connectivity index (χ0v) is 13.6. The monoisotopic (exact) mass is 301 g/mol. The molecule has 0 aliphatic carbocycles. The number of aryl methyl sites for hydroxylation is 3. The summed E-state index contributed by atoms with van der Waals surface area (Å²) in [7, 11) is 0. The minimum absolute atomic E-state index is 0.299. The molecule has 0 fully saturated rings. The maximum atomic E-state index is 12.5. The molecule has 0 spiro atoms. The van der Waals surface area contributed by atoms with Crippen LogP contribution in [0.2, 0.25) is 0 Å². The fourth-order valence-electron chi connectivity index (χ4n) is 2.49. The molecule has 0 saturated heterocycles. The van der Waals surface area contributed by atoms with E-state index in [4.69, 9.17) is 0 Å². The predicted molar refractivity (Wildman–Crippen MR) is 88.4 cm³/mol. The van der Waals surface area contributed by atoms with Crippen LogP contribution in [0.25, 0.3) is 5.69 Å². The van der Waals surface area contributed by atoms with E-state index in [1.165, 1.54) is 0 Å². The minimum atomic E-state index is -0.316. The van der Waals surface area contributed by atoms with Gasteiger partial charge in [-0.25, -0.2) is 14.8 Å². The summed E-state index contributed by atoms with van der Waals surface area (Å²) >= 11 is 0. The smallest absolute Gasteiger partial charge is 0.289 e. The van der Waals surface area contributed by atoms with Crippen LogP contribution < -0.4 is 16.5 Å². The van der Waals surface area contributed by atoms with E-state index in [1.807, 2.05) is 32.0 Å². The average Bonchev–Trinajstić information content (AvgIpc) is 2.52. The molecule has 1 aromatic heterocycles. The molecular formula is C16H23N5O. The molecule has 118 valence electrons. The van der Waals surface area contributed by atoms with Gasteiger partial charge >= 0.3 is 5.69 Å². The molecule has 0 bridgehead atoms. The van der Waals surface area contributed by atoms with Crippen LogP contribution in [0.3, 0.4) is 0 Å². The maximum absolute atomic E-state index is 12.5. The van der Waals surface area contributed by atoms with Crippen molar-refractivity contribution in [3.05, 3.63) is 45.6 Å². The van der Waals surface area contributed by atoms with Gasteiger partial charge in [-0.1, -0.05) is 39.0 Å². The second kappa shape index (κ2) is 7.17. The lowest BCUT2D eigenvalue weighted by Gasteiger charge is -2.17. The standard InChI is InChI=1S/C16H23N5O/c1-5-12-9-8-10-13(6-2)14(12)21-11(4)18-15(19-16(21)22)20-17-7-3/h8-10,17H,5-7H2,1-4H3,(H,19,20,22). The third-order valence-electron chi connectivity index (χ3n) is 3.55. The molecule has 0 atom stereocenters. The number of para-hydroxylation sites is 1. The summed E-state index contributed by atoms with van der Waals surface area (Å²) in [5, 5.41) is 0. The number of aromatic nitrogens is 3. The van der Waals surface area contributed by atoms with Crippen LogP contribution in [0, 0.1) is 6.92 Å². The second-order valence-corrected chi connectivity index (χ2v) is 5.00. The van der Waals surface area contributed by atoms with Gasteiger partial charge in [0.05, 0.1) is 5.69 Å². The van der Waals surface area contributed by atoms with Crippen molar-refractivity contribution in [2.24, 2.45) is 0 Å². The van der Waals surface area contributed by atoms with Crippen molar-refractivity contribution in [3.8, 4) is 5.69 Å². The van der Waals surface area contributed by atoms with Crippen molar-refractivity contribution in [2.75, 3.05) is 12.0 Å². The highest BCUT2D eigenvalue weighted by atomic mass is 16.1. The van der Waals surface area contributed by atoms with Gasteiger partial charge in [-0.15, -0.1) is 0 Å². The van der Waals surface area contributed by atoms with Gasteiger partial charge in [-0.05, 0) is 30.9 Å². The number of benzene rings is 1. The molecule has 2 aromatic rings. The van der Waals surface area contributed by atoms with E-state index >= 15 is 0 Å². The third-order valence-corrected chi connectivity index (χ3v) is 3.55. The molecule has 1 heterocycles. The fraction of sp³-hybridized carbons (Fsp3) is 0.438. The maximum Gasteiger partial charge on any atom is 0.356 e. The van der Waals surface area contributed by atoms with Crippen LogP contribution in [0.1, 0.15) is 37.7 Å². The number of hydrazine groups is 1. The van der Waals surface area contributed by atoms with Crippen molar-refractivity contribution in [1.29, 1.82) is 0 Å². The first-order chi connectivity index (χ1) is 10.6. The van der Waals surface area contributed by atoms with Crippen LogP contribution in [-0.2, 0) is 12.8 Å². The van der Waals surface area contributed by atoms with Crippen molar-refractivity contribution in [2.45, 2.75) is 40.5 Å². The number of anilines is 1. The van der Waals surface area contributed by atoms with Gasteiger partial charge in [-0.3, -0.25) is 5.43 Å². The number of nitrogens with zero attached hydrogens (tertiary/aromatic N) is 3. The van der Waals surface area contributed by atoms with Gasteiger partial charge in [0.15, 0.2) is 0 Å². The SMILES string of the molecule is CCNNc1nc(C)n(-c2c(CC)cccc2CC)c(=O)n1. The zero-order valence-electron chi connectivity index (χ0n) is 13.6. The molecule has 6 heteroatoms. The van der Waals surface area contributed by atoms with Gasteiger partial charge in [-0.2, -0.15) is 9.97 Å². The summed E-state index contributed by atoms with van der Waals surface area (Å²) in [6.45, 7) is 8.66. The highest BCUT2D eigenvalue weighted by Gasteiger charge is 2.14. The topological polar surface area (TPSA) is 71.8 Å². The second-order valence-electron chi connectivity index (χ2n) is 5.00. The molecule has 2 rings (SSSR count). The van der Waals surface area contributed by atoms with Crippen LogP contribution in [0.4, 0.5) is 5.95 Å². The largest absolute Gasteiger partial charge is 0.356 e. The Balaban J connectivity index is 2.61. The van der Waals surface area contributed by atoms with Crippen molar-refractivity contribution >= 4 is 5.95 Å². The lowest BCUT2D eigenvalue weighted by atomic mass is 10.0. The highest BCUT2D eigenvalue weighted by molar-refractivity contribution is 5.49. The van der Waals surface area contributed by atoms with Crippen LogP contribution in [-0.4, -0.2) is 21.1 Å². The van der Waals surface area contributed by atoms with Crippen molar-refractivity contribution in [1.82, 2.24) is 20.0 Å². The Bertz CT molecular complexity index is 686. The Labute approximate surface area is 130 Å². The van der Waals surface area contributed by atoms with Crippen LogP contribution >= 0.6 is 0 Å². The molecule has 1 aromatic carbocycles. The first kappa shape index (κ1) is 16.2. The van der Waals surface area contributed by atoms with E-state index in [-0.39, 0.29) is 5.69 Å². The van der Waals surface area contributed by atoms with E-state index in [2.05, 4.69) is 34.7 Å². The van der Waals surface area contributed by atoms with E-state index in [0.717, 1.165) is 29.7 Å². The van der Waals surface area contributed by atoms with Gasteiger partial charge in [0.1, 0.15) is 5.82 Å². The van der Waals surface area contributed by atoms with Crippen LogP contribution in [0.5, 0.6) is 0 Å². The molecule has 0 unspecified atom stereocenters. The Morgan fingerprint density at radius 3 is 2.23 bits per heavy atom. The normalized spacial score (nSPS) is 10.7. The van der Waals surface area contributed by atoms with E-state index in [1.54, 1.807) is 4.57 Å². The third kappa shape index (κ3) is 3.17. The predicted octanol–water partition coefficient (Wildman–Crippen LogP) is 2.00. The fourth-order valence-corrected chi connectivity index (χ4v) is 2.49.